The summed E-state index contributed by atoms with van der Waals surface area (Å²) in [7, 11) is 0. The monoisotopic (exact) mass is 912 g/mol. The minimum Gasteiger partial charge on any atom is -0.460 e. The lowest BCUT2D eigenvalue weighted by Gasteiger charge is -2.12. The molecule has 0 spiro atoms. The molecular formula is C38H32F12N6O7. The number of alkyl halides is 12. The van der Waals surface area contributed by atoms with E-state index in [2.05, 4.69) is 48.9 Å². The van der Waals surface area contributed by atoms with Crippen molar-refractivity contribution in [3.8, 4) is 11.5 Å². The second kappa shape index (κ2) is 20.5. The Labute approximate surface area is 345 Å². The van der Waals surface area contributed by atoms with Crippen LogP contribution in [0.15, 0.2) is 102 Å². The Kier molecular flexibility index (Phi) is 16.8. The van der Waals surface area contributed by atoms with Gasteiger partial charge in [0.25, 0.3) is 11.1 Å². The van der Waals surface area contributed by atoms with Gasteiger partial charge in [-0.25, -0.2) is 14.8 Å². The van der Waals surface area contributed by atoms with Crippen LogP contribution in [0.4, 0.5) is 64.1 Å². The Morgan fingerprint density at radius 1 is 0.651 bits per heavy atom. The van der Waals surface area contributed by atoms with E-state index in [1.54, 1.807) is 0 Å². The van der Waals surface area contributed by atoms with Crippen LogP contribution < -0.4 is 32.1 Å². The average molecular weight is 913 g/mol. The third-order valence-corrected chi connectivity index (χ3v) is 7.20. The number of fused-ring (bicyclic) bond motifs is 2. The quantitative estimate of drug-likeness (QED) is 0.0345. The first-order chi connectivity index (χ1) is 28.9. The summed E-state index contributed by atoms with van der Waals surface area (Å²) in [6.07, 6.45) is -9.27. The standard InChI is InChI=1S/2C12H7F5N2O2.C7H8F2O3.C7H10N2/c1-2-11(13,14)9-10(20)19-7-4-3-6(5-8(7)18-9)21-12(15,16)17;1-2-11(13,14)9-10(20)19-8-5-6(21-12(15,16)17)3-4-7(8)18-9;1-3-7(8,9)5(10)6(11)12-4-2;1-5-2-3-6(8)7(9)4-5/h2*2-5H,1H2,(H,19,20);3H,1,4H2,2H3;2-4H,8-9H2,1H3. The maximum Gasteiger partial charge on any atom is 0.573 e. The normalized spacial score (nSPS) is 11.7. The molecule has 3 aromatic carbocycles. The molecule has 340 valence electrons. The van der Waals surface area contributed by atoms with Crippen LogP contribution in [-0.4, -0.2) is 56.9 Å². The lowest BCUT2D eigenvalue weighted by molar-refractivity contribution is -0.275. The van der Waals surface area contributed by atoms with E-state index in [9.17, 15) is 71.9 Å². The molecule has 0 atom stereocenters. The molecule has 5 aromatic rings. The van der Waals surface area contributed by atoms with Gasteiger partial charge in [-0.05, 0) is 74.0 Å². The summed E-state index contributed by atoms with van der Waals surface area (Å²) < 4.78 is 162. The van der Waals surface area contributed by atoms with Crippen LogP contribution in [0.5, 0.6) is 11.5 Å². The number of nitrogens with one attached hydrogen (secondary N) is 2. The number of carbonyl (C=O) groups is 2. The van der Waals surface area contributed by atoms with Crippen molar-refractivity contribution in [3.63, 3.8) is 0 Å². The number of nitrogens with two attached hydrogens (primary N) is 2. The number of rotatable bonds is 10. The van der Waals surface area contributed by atoms with Crippen molar-refractivity contribution in [2.24, 2.45) is 0 Å². The number of H-pyrrole nitrogens is 2. The van der Waals surface area contributed by atoms with E-state index in [4.69, 9.17) is 11.5 Å². The molecule has 5 rings (SSSR count). The SMILES string of the molecule is C=CC(F)(F)C(=O)C(=O)OCC.C=CC(F)(F)c1nc2cc(OC(F)(F)F)ccc2[nH]c1=O.C=CC(F)(F)c1nc2ccc(OC(F)(F)F)cc2[nH]c1=O.Cc1ccc(N)c(N)c1. The fourth-order valence-electron chi connectivity index (χ4n) is 4.29. The number of nitrogens with zero attached hydrogens (tertiary/aromatic N) is 2. The fraction of sp³-hybridized carbons (Fsp3) is 0.211. The van der Waals surface area contributed by atoms with Crippen molar-refractivity contribution in [2.45, 2.75) is 44.3 Å². The zero-order chi connectivity index (χ0) is 48.3. The van der Waals surface area contributed by atoms with Crippen molar-refractivity contribution in [1.29, 1.82) is 0 Å². The Hall–Kier alpha value is -7.34. The maximum absolute atomic E-state index is 13.4. The first-order valence-corrected chi connectivity index (χ1v) is 16.9. The van der Waals surface area contributed by atoms with Gasteiger partial charge in [-0.2, -0.15) is 26.3 Å². The molecule has 0 saturated heterocycles. The van der Waals surface area contributed by atoms with Gasteiger partial charge in [-0.15, -0.1) is 26.3 Å². The highest BCUT2D eigenvalue weighted by atomic mass is 19.4. The largest absolute Gasteiger partial charge is 0.573 e. The molecule has 13 nitrogen and oxygen atoms in total. The van der Waals surface area contributed by atoms with E-state index in [1.165, 1.54) is 6.92 Å². The summed E-state index contributed by atoms with van der Waals surface area (Å²) in [5, 5.41) is 0. The molecule has 0 unspecified atom stereocenters. The highest BCUT2D eigenvalue weighted by Gasteiger charge is 2.41. The number of hydrogen-bond acceptors (Lipinski definition) is 11. The molecule has 0 fully saturated rings. The molecule has 0 amide bonds. The number of nitrogen functional groups attached to an aromatic ring is 2. The molecule has 0 radical (unpaired) electrons. The van der Waals surface area contributed by atoms with Gasteiger partial charge in [-0.1, -0.05) is 25.8 Å². The first-order valence-electron chi connectivity index (χ1n) is 16.9. The number of carbonyl (C=O) groups excluding carboxylic acids is 2. The molecular weight excluding hydrogens is 880 g/mol. The molecule has 6 N–H and O–H groups in total. The summed E-state index contributed by atoms with van der Waals surface area (Å²) in [5.74, 6) is -15.8. The van der Waals surface area contributed by atoms with Gasteiger partial charge in [0, 0.05) is 12.1 Å². The first kappa shape index (κ1) is 51.8. The highest BCUT2D eigenvalue weighted by Crippen LogP contribution is 2.30. The number of anilines is 2. The van der Waals surface area contributed by atoms with Crippen molar-refractivity contribution < 1.29 is 76.5 Å². The number of esters is 1. The molecule has 0 bridgehead atoms. The Bertz CT molecular complexity index is 2590. The lowest BCUT2D eigenvalue weighted by atomic mass is 10.2. The topological polar surface area (TPSA) is 205 Å². The molecule has 0 saturated carbocycles. The van der Waals surface area contributed by atoms with E-state index in [-0.39, 0.29) is 46.9 Å². The Balaban J connectivity index is 0.000000305. The molecule has 0 aliphatic rings. The molecule has 0 aliphatic heterocycles. The van der Waals surface area contributed by atoms with E-state index in [0.29, 0.717) is 11.4 Å². The van der Waals surface area contributed by atoms with Gasteiger partial charge in [-0.3, -0.25) is 14.4 Å². The smallest absolute Gasteiger partial charge is 0.460 e. The third kappa shape index (κ3) is 15.3. The van der Waals surface area contributed by atoms with E-state index < -0.39 is 76.3 Å². The minimum atomic E-state index is -4.93. The number of ether oxygens (including phenoxy) is 3. The number of Topliss-reactive ketones (excluding diaryl/α,β-unsaturated/α-hetero) is 1. The van der Waals surface area contributed by atoms with Crippen LogP contribution in [0.2, 0.25) is 0 Å². The van der Waals surface area contributed by atoms with E-state index in [1.807, 2.05) is 30.1 Å². The zero-order valence-electron chi connectivity index (χ0n) is 32.2. The van der Waals surface area contributed by atoms with Gasteiger partial charge >= 0.3 is 42.2 Å². The van der Waals surface area contributed by atoms with Gasteiger partial charge < -0.3 is 35.6 Å². The predicted octanol–water partition coefficient (Wildman–Crippen LogP) is 8.30. The molecule has 2 aromatic heterocycles. The number of aromatic nitrogens is 4. The second-order valence-corrected chi connectivity index (χ2v) is 11.9. The number of aryl methyl sites for hydroxylation is 1. The minimum absolute atomic E-state index is 0.00173. The van der Waals surface area contributed by atoms with Crippen molar-refractivity contribution >= 4 is 45.2 Å². The summed E-state index contributed by atoms with van der Waals surface area (Å²) in [6, 6.07) is 11.2. The van der Waals surface area contributed by atoms with Crippen LogP contribution >= 0.6 is 0 Å². The van der Waals surface area contributed by atoms with Crippen LogP contribution in [0.1, 0.15) is 23.9 Å². The van der Waals surface area contributed by atoms with Gasteiger partial charge in [0.05, 0.1) is 40.0 Å². The average Bonchev–Trinajstić information content (AvgIpc) is 3.18. The van der Waals surface area contributed by atoms with Gasteiger partial charge in [0.2, 0.25) is 0 Å². The second-order valence-electron chi connectivity index (χ2n) is 11.9. The summed E-state index contributed by atoms with van der Waals surface area (Å²) in [6.45, 7) is 11.8. The molecule has 25 heteroatoms. The van der Waals surface area contributed by atoms with Crippen LogP contribution in [0, 0.1) is 6.92 Å². The van der Waals surface area contributed by atoms with Crippen LogP contribution in [0.25, 0.3) is 22.1 Å². The van der Waals surface area contributed by atoms with Crippen LogP contribution in [-0.2, 0) is 26.2 Å². The summed E-state index contributed by atoms with van der Waals surface area (Å²) >= 11 is 0. The van der Waals surface area contributed by atoms with Gasteiger partial charge in [0.1, 0.15) is 11.5 Å². The van der Waals surface area contributed by atoms with E-state index >= 15 is 0 Å². The number of hydrogen-bond donors (Lipinski definition) is 4. The fourth-order valence-corrected chi connectivity index (χ4v) is 4.29. The Morgan fingerprint density at radius 3 is 1.57 bits per heavy atom. The number of benzene rings is 3. The number of aromatic amines is 2. The lowest BCUT2D eigenvalue weighted by Crippen LogP contribution is -2.34. The number of allylic oxidation sites excluding steroid dienone is 3. The van der Waals surface area contributed by atoms with Crippen molar-refractivity contribution in [3.05, 3.63) is 130 Å². The molecule has 2 heterocycles. The zero-order valence-corrected chi connectivity index (χ0v) is 32.2. The highest BCUT2D eigenvalue weighted by molar-refractivity contribution is 6.36. The van der Waals surface area contributed by atoms with Crippen molar-refractivity contribution in [1.82, 2.24) is 19.9 Å². The van der Waals surface area contributed by atoms with Crippen LogP contribution in [0.3, 0.4) is 0 Å². The molecule has 63 heavy (non-hydrogen) atoms. The van der Waals surface area contributed by atoms with Gasteiger partial charge in [0.15, 0.2) is 11.4 Å². The number of halogens is 12. The maximum atomic E-state index is 13.4. The molecule has 0 aliphatic carbocycles. The number of ketones is 1. The van der Waals surface area contributed by atoms with E-state index in [0.717, 1.165) is 42.0 Å². The third-order valence-electron chi connectivity index (χ3n) is 7.20. The predicted molar refractivity (Wildman–Crippen MR) is 203 cm³/mol. The summed E-state index contributed by atoms with van der Waals surface area (Å²) in [4.78, 5) is 54.9. The Morgan fingerprint density at radius 2 is 1.13 bits per heavy atom. The summed E-state index contributed by atoms with van der Waals surface area (Å²) in [5.41, 5.74) is 8.24. The van der Waals surface area contributed by atoms with Crippen molar-refractivity contribution in [2.75, 3.05) is 18.1 Å².